The highest BCUT2D eigenvalue weighted by molar-refractivity contribution is 4.80. The summed E-state index contributed by atoms with van der Waals surface area (Å²) >= 11 is 0. The first-order valence-corrected chi connectivity index (χ1v) is 5.68. The average molecular weight is 200 g/mol. The first-order valence-electron chi connectivity index (χ1n) is 5.68. The fraction of sp³-hybridized carbons (Fsp3) is 1.00. The van der Waals surface area contributed by atoms with E-state index in [1.807, 2.05) is 0 Å². The van der Waals surface area contributed by atoms with Gasteiger partial charge in [0.1, 0.15) is 0 Å². The highest BCUT2D eigenvalue weighted by Gasteiger charge is 2.21. The fourth-order valence-corrected chi connectivity index (χ4v) is 2.24. The van der Waals surface area contributed by atoms with Crippen molar-refractivity contribution in [2.75, 3.05) is 27.3 Å². The topological polar surface area (TPSA) is 38.5 Å². The van der Waals surface area contributed by atoms with Gasteiger partial charge in [-0.2, -0.15) is 0 Å². The van der Waals surface area contributed by atoms with Gasteiger partial charge in [0.05, 0.1) is 0 Å². The van der Waals surface area contributed by atoms with Crippen molar-refractivity contribution in [3.05, 3.63) is 0 Å². The number of hydrogen-bond acceptors (Lipinski definition) is 3. The highest BCUT2D eigenvalue weighted by Crippen LogP contribution is 2.20. The molecule has 0 heterocycles. The summed E-state index contributed by atoms with van der Waals surface area (Å²) in [5, 5.41) is 0. The Kier molecular flexibility index (Phi) is 5.45. The van der Waals surface area contributed by atoms with Gasteiger partial charge in [0.2, 0.25) is 0 Å². The Bertz CT molecular complexity index is 152. The number of nitrogens with zero attached hydrogens (tertiary/aromatic N) is 1. The molecule has 2 unspecified atom stereocenters. The van der Waals surface area contributed by atoms with Crippen molar-refractivity contribution in [1.29, 1.82) is 0 Å². The molecule has 0 bridgehead atoms. The van der Waals surface area contributed by atoms with Crippen LogP contribution in [0.25, 0.3) is 0 Å². The SMILES string of the molecule is COCCCN(C)C1CCCC(N)C1. The zero-order valence-corrected chi connectivity index (χ0v) is 9.54. The summed E-state index contributed by atoms with van der Waals surface area (Å²) in [6, 6.07) is 1.13. The second kappa shape index (κ2) is 6.38. The second-order valence-corrected chi connectivity index (χ2v) is 4.41. The molecule has 0 aromatic carbocycles. The van der Waals surface area contributed by atoms with Gasteiger partial charge < -0.3 is 15.4 Å². The molecule has 14 heavy (non-hydrogen) atoms. The molecule has 2 N–H and O–H groups in total. The van der Waals surface area contributed by atoms with E-state index in [1.54, 1.807) is 7.11 Å². The second-order valence-electron chi connectivity index (χ2n) is 4.41. The summed E-state index contributed by atoms with van der Waals surface area (Å²) in [4.78, 5) is 2.44. The summed E-state index contributed by atoms with van der Waals surface area (Å²) in [6.45, 7) is 1.99. The minimum atomic E-state index is 0.429. The van der Waals surface area contributed by atoms with Crippen LogP contribution in [0.15, 0.2) is 0 Å². The van der Waals surface area contributed by atoms with Crippen LogP contribution in [0.3, 0.4) is 0 Å². The molecular weight excluding hydrogens is 176 g/mol. The molecule has 84 valence electrons. The molecule has 1 aliphatic rings. The molecule has 1 fully saturated rings. The van der Waals surface area contributed by atoms with Crippen molar-refractivity contribution < 1.29 is 4.74 Å². The number of methoxy groups -OCH3 is 1. The molecule has 1 aliphatic carbocycles. The maximum Gasteiger partial charge on any atom is 0.0474 e. The van der Waals surface area contributed by atoms with Gasteiger partial charge in [-0.05, 0) is 32.7 Å². The molecule has 0 spiro atoms. The maximum atomic E-state index is 5.97. The van der Waals surface area contributed by atoms with Gasteiger partial charge in [0.15, 0.2) is 0 Å². The predicted molar refractivity (Wildman–Crippen MR) is 59.4 cm³/mol. The zero-order chi connectivity index (χ0) is 10.4. The lowest BCUT2D eigenvalue weighted by Crippen LogP contribution is -2.41. The number of nitrogens with two attached hydrogens (primary N) is 1. The third-order valence-electron chi connectivity index (χ3n) is 3.17. The minimum Gasteiger partial charge on any atom is -0.385 e. The molecule has 0 saturated heterocycles. The minimum absolute atomic E-state index is 0.429. The Hall–Kier alpha value is -0.120. The van der Waals surface area contributed by atoms with Crippen LogP contribution >= 0.6 is 0 Å². The lowest BCUT2D eigenvalue weighted by molar-refractivity contribution is 0.145. The fourth-order valence-electron chi connectivity index (χ4n) is 2.24. The van der Waals surface area contributed by atoms with E-state index in [1.165, 1.54) is 25.7 Å². The molecule has 2 atom stereocenters. The smallest absolute Gasteiger partial charge is 0.0474 e. The van der Waals surface area contributed by atoms with E-state index in [9.17, 15) is 0 Å². The van der Waals surface area contributed by atoms with Crippen molar-refractivity contribution in [3.63, 3.8) is 0 Å². The Balaban J connectivity index is 2.18. The van der Waals surface area contributed by atoms with Gasteiger partial charge in [0.25, 0.3) is 0 Å². The van der Waals surface area contributed by atoms with E-state index in [-0.39, 0.29) is 0 Å². The van der Waals surface area contributed by atoms with Gasteiger partial charge in [-0.3, -0.25) is 0 Å². The molecule has 0 aliphatic heterocycles. The van der Waals surface area contributed by atoms with Crippen molar-refractivity contribution in [2.24, 2.45) is 5.73 Å². The van der Waals surface area contributed by atoms with Crippen molar-refractivity contribution in [3.8, 4) is 0 Å². The van der Waals surface area contributed by atoms with Crippen LogP contribution in [0, 0.1) is 0 Å². The van der Waals surface area contributed by atoms with E-state index >= 15 is 0 Å². The Morgan fingerprint density at radius 1 is 1.43 bits per heavy atom. The molecule has 3 heteroatoms. The molecule has 0 radical (unpaired) electrons. The Morgan fingerprint density at radius 2 is 2.21 bits per heavy atom. The van der Waals surface area contributed by atoms with Gasteiger partial charge in [-0.15, -0.1) is 0 Å². The highest BCUT2D eigenvalue weighted by atomic mass is 16.5. The first kappa shape index (κ1) is 12.0. The summed E-state index contributed by atoms with van der Waals surface area (Å²) < 4.78 is 5.05. The van der Waals surface area contributed by atoms with E-state index in [4.69, 9.17) is 10.5 Å². The van der Waals surface area contributed by atoms with Gasteiger partial charge >= 0.3 is 0 Å². The molecular formula is C11H24N2O. The standard InChI is InChI=1S/C11H24N2O/c1-13(7-4-8-14-2)11-6-3-5-10(12)9-11/h10-11H,3-9,12H2,1-2H3. The van der Waals surface area contributed by atoms with Crippen LogP contribution in [-0.4, -0.2) is 44.3 Å². The quantitative estimate of drug-likeness (QED) is 0.678. The van der Waals surface area contributed by atoms with Crippen molar-refractivity contribution in [2.45, 2.75) is 44.2 Å². The molecule has 0 aromatic heterocycles. The molecule has 0 aromatic rings. The van der Waals surface area contributed by atoms with Crippen molar-refractivity contribution in [1.82, 2.24) is 4.90 Å². The summed E-state index contributed by atoms with van der Waals surface area (Å²) in [5.74, 6) is 0. The number of hydrogen-bond donors (Lipinski definition) is 1. The van der Waals surface area contributed by atoms with Crippen LogP contribution in [0.1, 0.15) is 32.1 Å². The van der Waals surface area contributed by atoms with E-state index < -0.39 is 0 Å². The maximum absolute atomic E-state index is 5.97. The van der Waals surface area contributed by atoms with Gasteiger partial charge in [-0.25, -0.2) is 0 Å². The molecule has 0 amide bonds. The zero-order valence-electron chi connectivity index (χ0n) is 9.54. The van der Waals surface area contributed by atoms with Crippen LogP contribution in [0.5, 0.6) is 0 Å². The number of rotatable bonds is 5. The van der Waals surface area contributed by atoms with Crippen molar-refractivity contribution >= 4 is 0 Å². The van der Waals surface area contributed by atoms with Crippen LogP contribution in [-0.2, 0) is 4.74 Å². The Labute approximate surface area is 87.6 Å². The normalized spacial score (nSPS) is 28.3. The molecule has 3 nitrogen and oxygen atoms in total. The largest absolute Gasteiger partial charge is 0.385 e. The first-order chi connectivity index (χ1) is 6.74. The summed E-state index contributed by atoms with van der Waals surface area (Å²) in [5.41, 5.74) is 5.97. The van der Waals surface area contributed by atoms with E-state index in [0.29, 0.717) is 12.1 Å². The lowest BCUT2D eigenvalue weighted by Gasteiger charge is -2.33. The lowest BCUT2D eigenvalue weighted by atomic mass is 9.91. The van der Waals surface area contributed by atoms with Gasteiger partial charge in [0, 0.05) is 32.3 Å². The third-order valence-corrected chi connectivity index (χ3v) is 3.17. The molecule has 1 rings (SSSR count). The number of ether oxygens (including phenoxy) is 1. The van der Waals surface area contributed by atoms with Crippen LogP contribution in [0.2, 0.25) is 0 Å². The predicted octanol–water partition coefficient (Wildman–Crippen LogP) is 1.22. The molecule has 1 saturated carbocycles. The van der Waals surface area contributed by atoms with Gasteiger partial charge in [-0.1, -0.05) is 6.42 Å². The van der Waals surface area contributed by atoms with Crippen LogP contribution in [0.4, 0.5) is 0 Å². The average Bonchev–Trinajstić information content (AvgIpc) is 2.18. The third kappa shape index (κ3) is 3.95. The summed E-state index contributed by atoms with van der Waals surface area (Å²) in [7, 11) is 3.97. The van der Waals surface area contributed by atoms with E-state index in [0.717, 1.165) is 19.6 Å². The van der Waals surface area contributed by atoms with E-state index in [2.05, 4.69) is 11.9 Å². The van der Waals surface area contributed by atoms with Crippen LogP contribution < -0.4 is 5.73 Å². The summed E-state index contributed by atoms with van der Waals surface area (Å²) in [6.07, 6.45) is 6.11. The monoisotopic (exact) mass is 200 g/mol. The Morgan fingerprint density at radius 3 is 2.86 bits per heavy atom.